The smallest absolute Gasteiger partial charge is 0.285 e. The minimum absolute atomic E-state index is 0. The average molecular weight is 783 g/mol. The molecule has 0 amide bonds. The molecule has 2 aliphatic heterocycles. The number of nitro benzene ring substituents is 2. The van der Waals surface area contributed by atoms with E-state index in [0.717, 1.165) is 36.4 Å². The summed E-state index contributed by atoms with van der Waals surface area (Å²) in [5.41, 5.74) is 0.115. The second kappa shape index (κ2) is 14.7. The van der Waals surface area contributed by atoms with Crippen molar-refractivity contribution in [3.63, 3.8) is 0 Å². The van der Waals surface area contributed by atoms with E-state index in [4.69, 9.17) is 0 Å². The Balaban J connectivity index is 0.000000224. The first kappa shape index (κ1) is 37.6. The molecule has 0 aliphatic carbocycles. The molecule has 0 spiro atoms. The molecule has 4 aromatic carbocycles. The number of aliphatic hydroxyl groups excluding tert-OH is 2. The summed E-state index contributed by atoms with van der Waals surface area (Å²) >= 11 is 0. The number of rotatable bonds is 6. The Labute approximate surface area is 297 Å². The van der Waals surface area contributed by atoms with Crippen LogP contribution < -0.4 is 4.72 Å². The van der Waals surface area contributed by atoms with Gasteiger partial charge in [0, 0.05) is 40.0 Å². The number of phenolic OH excluding ortho intramolecular Hbond substituents is 2. The molecule has 0 unspecified atom stereocenters. The van der Waals surface area contributed by atoms with Crippen LogP contribution in [-0.2, 0) is 42.4 Å². The van der Waals surface area contributed by atoms with E-state index < -0.39 is 62.8 Å². The standard InChI is InChI=1S/C15H11N3O6S.C14H10N4O6S.Co/c19-13-7-10(18(21)22)5-6-12(13)16-17-15-14(20)11-4-2-1-3-9(11)8-25(15,23)24;19-12-7-8(18(21)22)5-6-11(12)15-16-14-13(20)9-3-1-2-4-10(9)17-25(14,23)24;/h1-7,19-20H,8H2;1-7,17,19-20H;. The van der Waals surface area contributed by atoms with Crippen molar-refractivity contribution in [3.05, 3.63) is 132 Å². The summed E-state index contributed by atoms with van der Waals surface area (Å²) in [6.45, 7) is 0. The molecule has 22 heteroatoms. The number of sulfone groups is 1. The zero-order valence-corrected chi connectivity index (χ0v) is 27.9. The Morgan fingerprint density at radius 1 is 0.627 bits per heavy atom. The van der Waals surface area contributed by atoms with Gasteiger partial charge in [0.2, 0.25) is 19.9 Å². The summed E-state index contributed by atoms with van der Waals surface area (Å²) < 4.78 is 51.1. The molecule has 4 aromatic rings. The van der Waals surface area contributed by atoms with Crippen molar-refractivity contribution >= 4 is 59.8 Å². The van der Waals surface area contributed by atoms with Crippen LogP contribution in [0.4, 0.5) is 28.4 Å². The molecule has 2 aliphatic rings. The van der Waals surface area contributed by atoms with Crippen molar-refractivity contribution in [1.29, 1.82) is 0 Å². The van der Waals surface area contributed by atoms with E-state index in [9.17, 15) is 57.5 Å². The molecule has 19 nitrogen and oxygen atoms in total. The van der Waals surface area contributed by atoms with Gasteiger partial charge < -0.3 is 20.4 Å². The van der Waals surface area contributed by atoms with Crippen LogP contribution in [0.3, 0.4) is 0 Å². The number of hydrogen-bond donors (Lipinski definition) is 5. The maximum Gasteiger partial charge on any atom is 0.285 e. The van der Waals surface area contributed by atoms with E-state index in [1.54, 1.807) is 36.4 Å². The zero-order chi connectivity index (χ0) is 36.4. The fraction of sp³-hybridized carbons (Fsp3) is 0.0345. The zero-order valence-electron chi connectivity index (χ0n) is 25.2. The Morgan fingerprint density at radius 2 is 1.10 bits per heavy atom. The molecule has 0 aromatic heterocycles. The van der Waals surface area contributed by atoms with E-state index in [2.05, 4.69) is 25.2 Å². The average Bonchev–Trinajstić information content (AvgIpc) is 3.05. The second-order valence-corrected chi connectivity index (χ2v) is 13.6. The summed E-state index contributed by atoms with van der Waals surface area (Å²) in [5, 5.41) is 74.0. The third-order valence-corrected chi connectivity index (χ3v) is 9.66. The fourth-order valence-corrected chi connectivity index (χ4v) is 6.90. The van der Waals surface area contributed by atoms with Gasteiger partial charge in [0.25, 0.3) is 21.4 Å². The molecular formula is C29H21CoN7O12S2. The Morgan fingerprint density at radius 3 is 1.63 bits per heavy atom. The van der Waals surface area contributed by atoms with Gasteiger partial charge in [-0.25, -0.2) is 8.42 Å². The van der Waals surface area contributed by atoms with Crippen molar-refractivity contribution in [3.8, 4) is 11.5 Å². The van der Waals surface area contributed by atoms with Gasteiger partial charge in [0.15, 0.2) is 11.5 Å². The Bertz CT molecular complexity index is 2260. The monoisotopic (exact) mass is 782 g/mol. The second-order valence-electron chi connectivity index (χ2n) is 10.1. The third-order valence-electron chi connectivity index (χ3n) is 6.84. The summed E-state index contributed by atoms with van der Waals surface area (Å²) in [7, 11) is -8.07. The van der Waals surface area contributed by atoms with Gasteiger partial charge in [0.1, 0.15) is 22.9 Å². The van der Waals surface area contributed by atoms with Gasteiger partial charge in [-0.2, -0.15) is 8.42 Å². The number of nitrogens with one attached hydrogen (secondary N) is 1. The van der Waals surface area contributed by atoms with Crippen molar-refractivity contribution in [1.82, 2.24) is 0 Å². The van der Waals surface area contributed by atoms with Crippen LogP contribution >= 0.6 is 0 Å². The SMILES string of the molecule is O=[N+]([O-])c1ccc(N=NC2=C(O)c3ccccc3CS2(=O)=O)c(O)c1.O=[N+]([O-])c1ccc(N=NC2=C(O)c3ccccc3NS2(=O)=O)c(O)c1.[Co]. The Kier molecular flexibility index (Phi) is 10.8. The number of para-hydroxylation sites is 1. The normalized spacial score (nSPS) is 15.5. The number of fused-ring (bicyclic) bond motifs is 2. The summed E-state index contributed by atoms with van der Waals surface area (Å²) in [6.07, 6.45) is 0. The summed E-state index contributed by atoms with van der Waals surface area (Å²) in [5.74, 6) is -2.56. The maximum atomic E-state index is 12.3. The largest absolute Gasteiger partial charge is 0.505 e. The third kappa shape index (κ3) is 7.99. The number of phenols is 2. The number of aliphatic hydroxyl groups is 2. The maximum absolute atomic E-state index is 12.3. The van der Waals surface area contributed by atoms with Crippen molar-refractivity contribution in [2.75, 3.05) is 4.72 Å². The minimum Gasteiger partial charge on any atom is -0.505 e. The van der Waals surface area contributed by atoms with Gasteiger partial charge in [-0.05, 0) is 29.8 Å². The van der Waals surface area contributed by atoms with Crippen LogP contribution in [0.25, 0.3) is 11.5 Å². The number of hydrogen-bond acceptors (Lipinski definition) is 16. The van der Waals surface area contributed by atoms with Crippen LogP contribution in [0.5, 0.6) is 11.5 Å². The Hall–Kier alpha value is -6.23. The number of aromatic hydroxyl groups is 2. The number of benzene rings is 4. The molecule has 0 bridgehead atoms. The van der Waals surface area contributed by atoms with Gasteiger partial charge in [-0.1, -0.05) is 36.4 Å². The molecule has 0 fully saturated rings. The van der Waals surface area contributed by atoms with Crippen LogP contribution in [0.2, 0.25) is 0 Å². The quantitative estimate of drug-likeness (QED) is 0.0827. The number of nitro groups is 2. The van der Waals surface area contributed by atoms with E-state index in [0.29, 0.717) is 11.1 Å². The molecule has 0 saturated heterocycles. The van der Waals surface area contributed by atoms with Crippen LogP contribution in [0.1, 0.15) is 16.7 Å². The number of non-ortho nitro benzene ring substituents is 2. The van der Waals surface area contributed by atoms with Gasteiger partial charge >= 0.3 is 0 Å². The summed E-state index contributed by atoms with van der Waals surface area (Å²) in [6, 6.07) is 18.7. The molecule has 51 heavy (non-hydrogen) atoms. The van der Waals surface area contributed by atoms with E-state index in [1.165, 1.54) is 12.1 Å². The molecule has 6 rings (SSSR count). The molecular weight excluding hydrogens is 761 g/mol. The van der Waals surface area contributed by atoms with Crippen LogP contribution in [-0.4, -0.2) is 47.1 Å². The van der Waals surface area contributed by atoms with E-state index in [1.807, 2.05) is 0 Å². The van der Waals surface area contributed by atoms with E-state index in [-0.39, 0.29) is 56.5 Å². The van der Waals surface area contributed by atoms with Gasteiger partial charge in [-0.15, -0.1) is 20.5 Å². The topological polar surface area (TPSA) is 297 Å². The van der Waals surface area contributed by atoms with Crippen LogP contribution in [0.15, 0.2) is 115 Å². The molecule has 0 atom stereocenters. The van der Waals surface area contributed by atoms with Crippen molar-refractivity contribution in [2.24, 2.45) is 20.5 Å². The predicted molar refractivity (Wildman–Crippen MR) is 176 cm³/mol. The van der Waals surface area contributed by atoms with Crippen molar-refractivity contribution < 1.29 is 63.9 Å². The number of azo groups is 2. The molecule has 1 radical (unpaired) electrons. The molecule has 2 heterocycles. The number of sulfonamides is 1. The molecule has 5 N–H and O–H groups in total. The first-order chi connectivity index (χ1) is 23.6. The molecule has 0 saturated carbocycles. The van der Waals surface area contributed by atoms with Gasteiger partial charge in [-0.3, -0.25) is 25.0 Å². The summed E-state index contributed by atoms with van der Waals surface area (Å²) in [4.78, 5) is 19.9. The van der Waals surface area contributed by atoms with Crippen LogP contribution in [0, 0.1) is 20.2 Å². The fourth-order valence-electron chi connectivity index (χ4n) is 4.46. The number of anilines is 1. The molecule has 265 valence electrons. The van der Waals surface area contributed by atoms with E-state index >= 15 is 0 Å². The van der Waals surface area contributed by atoms with Crippen molar-refractivity contribution in [2.45, 2.75) is 5.75 Å². The number of nitrogens with zero attached hydrogens (tertiary/aromatic N) is 6. The minimum atomic E-state index is -4.16. The predicted octanol–water partition coefficient (Wildman–Crippen LogP) is 6.22. The first-order valence-corrected chi connectivity index (χ1v) is 16.8. The first-order valence-electron chi connectivity index (χ1n) is 13.7. The van der Waals surface area contributed by atoms with Gasteiger partial charge in [0.05, 0.1) is 33.4 Å².